The summed E-state index contributed by atoms with van der Waals surface area (Å²) in [5.41, 5.74) is 3.31. The van der Waals surface area contributed by atoms with E-state index in [1.807, 2.05) is 30.3 Å². The normalized spacial score (nSPS) is 13.4. The summed E-state index contributed by atoms with van der Waals surface area (Å²) in [4.78, 5) is 11.9. The summed E-state index contributed by atoms with van der Waals surface area (Å²) in [5.74, 6) is 0.0245. The van der Waals surface area contributed by atoms with Crippen molar-refractivity contribution in [3.05, 3.63) is 69.7 Å². The maximum Gasteiger partial charge on any atom is 0.187 e. The van der Waals surface area contributed by atoms with Crippen LogP contribution in [0.1, 0.15) is 21.5 Å². The molecule has 1 aliphatic rings. The van der Waals surface area contributed by atoms with Crippen LogP contribution in [-0.4, -0.2) is 10.9 Å². The number of carbonyl (C=O) groups is 1. The van der Waals surface area contributed by atoms with E-state index in [9.17, 15) is 9.90 Å². The zero-order valence-electron chi connectivity index (χ0n) is 9.35. The Balaban J connectivity index is 2.21. The molecule has 0 radical (unpaired) electrons. The van der Waals surface area contributed by atoms with E-state index >= 15 is 0 Å². The number of phenols is 1. The minimum atomic E-state index is -0.0633. The Labute approximate surface area is 113 Å². The lowest BCUT2D eigenvalue weighted by Gasteiger charge is -2.07. The molecule has 18 heavy (non-hydrogen) atoms. The van der Waals surface area contributed by atoms with E-state index in [4.69, 9.17) is 0 Å². The van der Waals surface area contributed by atoms with Crippen LogP contribution < -0.4 is 0 Å². The second-order valence-electron chi connectivity index (χ2n) is 4.14. The molecule has 0 fully saturated rings. The number of benzene rings is 2. The van der Waals surface area contributed by atoms with Crippen molar-refractivity contribution in [1.29, 1.82) is 0 Å². The molecule has 1 aliphatic carbocycles. The Morgan fingerprint density at radius 1 is 1.00 bits per heavy atom. The SMILES string of the molecule is O=C1C=C(c2ccccc2)c2cc(Br)c(O)cc21. The molecule has 3 heteroatoms. The van der Waals surface area contributed by atoms with Gasteiger partial charge in [0, 0.05) is 5.56 Å². The van der Waals surface area contributed by atoms with Gasteiger partial charge in [-0.1, -0.05) is 30.3 Å². The number of allylic oxidation sites excluding steroid dienone is 1. The van der Waals surface area contributed by atoms with E-state index in [0.717, 1.165) is 16.7 Å². The summed E-state index contributed by atoms with van der Waals surface area (Å²) in [6, 6.07) is 13.0. The number of ketones is 1. The molecule has 0 heterocycles. The van der Waals surface area contributed by atoms with Gasteiger partial charge in [0.1, 0.15) is 5.75 Å². The van der Waals surface area contributed by atoms with Gasteiger partial charge in [0.2, 0.25) is 0 Å². The molecule has 0 saturated carbocycles. The largest absolute Gasteiger partial charge is 0.507 e. The molecule has 0 amide bonds. The summed E-state index contributed by atoms with van der Waals surface area (Å²) >= 11 is 3.28. The van der Waals surface area contributed by atoms with Crippen LogP contribution in [0.3, 0.4) is 0 Å². The highest BCUT2D eigenvalue weighted by atomic mass is 79.9. The van der Waals surface area contributed by atoms with Gasteiger partial charge in [-0.15, -0.1) is 0 Å². The number of fused-ring (bicyclic) bond motifs is 1. The van der Waals surface area contributed by atoms with E-state index in [1.165, 1.54) is 6.07 Å². The lowest BCUT2D eigenvalue weighted by Crippen LogP contribution is -1.92. The van der Waals surface area contributed by atoms with E-state index in [-0.39, 0.29) is 11.5 Å². The van der Waals surface area contributed by atoms with Gasteiger partial charge in [-0.2, -0.15) is 0 Å². The molecule has 0 aromatic heterocycles. The number of aromatic hydroxyl groups is 1. The van der Waals surface area contributed by atoms with Crippen molar-refractivity contribution < 1.29 is 9.90 Å². The van der Waals surface area contributed by atoms with Crippen LogP contribution >= 0.6 is 15.9 Å². The lowest BCUT2D eigenvalue weighted by molar-refractivity contribution is 0.104. The van der Waals surface area contributed by atoms with Crippen LogP contribution in [0.4, 0.5) is 0 Å². The summed E-state index contributed by atoms with van der Waals surface area (Å²) in [7, 11) is 0. The first-order chi connectivity index (χ1) is 8.66. The van der Waals surface area contributed by atoms with Gasteiger partial charge < -0.3 is 5.11 Å². The number of phenolic OH excluding ortho intramolecular Hbond substituents is 1. The van der Waals surface area contributed by atoms with E-state index < -0.39 is 0 Å². The van der Waals surface area contributed by atoms with Crippen LogP contribution in [0.25, 0.3) is 5.57 Å². The second-order valence-corrected chi connectivity index (χ2v) is 4.99. The molecule has 0 bridgehead atoms. The summed E-state index contributed by atoms with van der Waals surface area (Å²) in [6.07, 6.45) is 1.62. The summed E-state index contributed by atoms with van der Waals surface area (Å²) in [5, 5.41) is 9.64. The molecule has 2 nitrogen and oxygen atoms in total. The minimum Gasteiger partial charge on any atom is -0.507 e. The fourth-order valence-corrected chi connectivity index (χ4v) is 2.48. The molecule has 88 valence electrons. The van der Waals surface area contributed by atoms with Gasteiger partial charge in [-0.05, 0) is 50.8 Å². The smallest absolute Gasteiger partial charge is 0.187 e. The van der Waals surface area contributed by atoms with Gasteiger partial charge >= 0.3 is 0 Å². The number of carbonyl (C=O) groups excluding carboxylic acids is 1. The predicted molar refractivity (Wildman–Crippen MR) is 73.7 cm³/mol. The molecule has 2 aromatic carbocycles. The molecule has 1 N–H and O–H groups in total. The van der Waals surface area contributed by atoms with E-state index in [0.29, 0.717) is 10.0 Å². The van der Waals surface area contributed by atoms with Crippen LogP contribution in [-0.2, 0) is 0 Å². The molecule has 2 aromatic rings. The Bertz CT molecular complexity index is 672. The zero-order chi connectivity index (χ0) is 12.7. The Kier molecular flexibility index (Phi) is 2.56. The van der Waals surface area contributed by atoms with Gasteiger partial charge in [0.05, 0.1) is 4.47 Å². The average molecular weight is 301 g/mol. The van der Waals surface area contributed by atoms with Gasteiger partial charge in [-0.3, -0.25) is 4.79 Å². The molecule has 0 spiro atoms. The first-order valence-electron chi connectivity index (χ1n) is 5.51. The molecule has 0 atom stereocenters. The van der Waals surface area contributed by atoms with Crippen molar-refractivity contribution >= 4 is 27.3 Å². The van der Waals surface area contributed by atoms with E-state index in [2.05, 4.69) is 15.9 Å². The van der Waals surface area contributed by atoms with Crippen molar-refractivity contribution in [2.45, 2.75) is 0 Å². The van der Waals surface area contributed by atoms with Crippen molar-refractivity contribution in [2.75, 3.05) is 0 Å². The highest BCUT2D eigenvalue weighted by Crippen LogP contribution is 2.38. The monoisotopic (exact) mass is 300 g/mol. The average Bonchev–Trinajstić information content (AvgIpc) is 2.69. The maximum atomic E-state index is 11.9. The fraction of sp³-hybridized carbons (Fsp3) is 0. The van der Waals surface area contributed by atoms with Crippen molar-refractivity contribution in [1.82, 2.24) is 0 Å². The van der Waals surface area contributed by atoms with Gasteiger partial charge in [0.25, 0.3) is 0 Å². The number of hydrogen-bond acceptors (Lipinski definition) is 2. The highest BCUT2D eigenvalue weighted by molar-refractivity contribution is 9.10. The van der Waals surface area contributed by atoms with Crippen molar-refractivity contribution in [3.63, 3.8) is 0 Å². The first kappa shape index (κ1) is 11.2. The molecule has 0 saturated heterocycles. The molecular weight excluding hydrogens is 292 g/mol. The molecular formula is C15H9BrO2. The summed E-state index contributed by atoms with van der Waals surface area (Å²) in [6.45, 7) is 0. The third-order valence-corrected chi connectivity index (χ3v) is 3.64. The minimum absolute atomic E-state index is 0.0633. The van der Waals surface area contributed by atoms with Crippen molar-refractivity contribution in [3.8, 4) is 5.75 Å². The predicted octanol–water partition coefficient (Wildman–Crippen LogP) is 3.78. The van der Waals surface area contributed by atoms with Gasteiger partial charge in [-0.25, -0.2) is 0 Å². The molecule has 0 unspecified atom stereocenters. The van der Waals surface area contributed by atoms with Gasteiger partial charge in [0.15, 0.2) is 5.78 Å². The third kappa shape index (κ3) is 1.68. The standard InChI is InChI=1S/C15H9BrO2/c16-13-6-11-10(9-4-2-1-3-5-9)7-14(17)12(11)8-15(13)18/h1-8,18H. The Morgan fingerprint density at radius 2 is 1.72 bits per heavy atom. The highest BCUT2D eigenvalue weighted by Gasteiger charge is 2.23. The third-order valence-electron chi connectivity index (χ3n) is 3.00. The maximum absolute atomic E-state index is 11.9. The Hall–Kier alpha value is -1.87. The van der Waals surface area contributed by atoms with Crippen LogP contribution in [0.15, 0.2) is 53.0 Å². The lowest BCUT2D eigenvalue weighted by atomic mass is 9.99. The quantitative estimate of drug-likeness (QED) is 0.870. The molecule has 0 aliphatic heterocycles. The second kappa shape index (κ2) is 4.10. The topological polar surface area (TPSA) is 37.3 Å². The first-order valence-corrected chi connectivity index (χ1v) is 6.30. The number of hydrogen-bond donors (Lipinski definition) is 1. The zero-order valence-corrected chi connectivity index (χ0v) is 10.9. The van der Waals surface area contributed by atoms with Crippen molar-refractivity contribution in [2.24, 2.45) is 0 Å². The fourth-order valence-electron chi connectivity index (χ4n) is 2.13. The molecule has 3 rings (SSSR count). The summed E-state index contributed by atoms with van der Waals surface area (Å²) < 4.78 is 0.595. The Morgan fingerprint density at radius 3 is 2.44 bits per heavy atom. The van der Waals surface area contributed by atoms with Crippen LogP contribution in [0, 0.1) is 0 Å². The van der Waals surface area contributed by atoms with Crippen LogP contribution in [0.5, 0.6) is 5.75 Å². The van der Waals surface area contributed by atoms with Crippen LogP contribution in [0.2, 0.25) is 0 Å². The number of rotatable bonds is 1. The number of halogens is 1. The van der Waals surface area contributed by atoms with E-state index in [1.54, 1.807) is 12.1 Å².